The molecule has 6 nitrogen and oxygen atoms in total. The Balaban J connectivity index is 2.18. The highest BCUT2D eigenvalue weighted by Crippen LogP contribution is 2.31. The number of ether oxygens (including phenoxy) is 1. The van der Waals surface area contributed by atoms with E-state index < -0.39 is 5.41 Å². The second-order valence-electron chi connectivity index (χ2n) is 7.08. The molecular weight excluding hydrogens is 318 g/mol. The summed E-state index contributed by atoms with van der Waals surface area (Å²) in [4.78, 5) is 25.2. The lowest BCUT2D eigenvalue weighted by Crippen LogP contribution is -2.47. The Morgan fingerprint density at radius 2 is 1.96 bits per heavy atom. The predicted molar refractivity (Wildman–Crippen MR) is 98.8 cm³/mol. The van der Waals surface area contributed by atoms with Crippen molar-refractivity contribution in [3.05, 3.63) is 29.3 Å². The topological polar surface area (TPSA) is 79.5 Å². The van der Waals surface area contributed by atoms with Crippen LogP contribution < -0.4 is 16.0 Å². The minimum absolute atomic E-state index is 0.0464. The van der Waals surface area contributed by atoms with Gasteiger partial charge >= 0.3 is 0 Å². The van der Waals surface area contributed by atoms with Gasteiger partial charge in [0, 0.05) is 24.4 Å². The number of hydrogen-bond acceptors (Lipinski definition) is 4. The summed E-state index contributed by atoms with van der Waals surface area (Å²) in [5, 5.41) is 9.16. The molecule has 2 rings (SSSR count). The highest BCUT2D eigenvalue weighted by Gasteiger charge is 2.39. The summed E-state index contributed by atoms with van der Waals surface area (Å²) in [5.41, 5.74) is 1.58. The van der Waals surface area contributed by atoms with Gasteiger partial charge in [0.05, 0.1) is 12.0 Å². The molecule has 1 aromatic rings. The second-order valence-corrected chi connectivity index (χ2v) is 7.08. The summed E-state index contributed by atoms with van der Waals surface area (Å²) in [6, 6.07) is 5.49. The van der Waals surface area contributed by atoms with E-state index in [4.69, 9.17) is 4.74 Å². The number of piperidine rings is 1. The zero-order chi connectivity index (χ0) is 18.4. The van der Waals surface area contributed by atoms with E-state index in [1.165, 1.54) is 0 Å². The molecule has 0 radical (unpaired) electrons. The molecule has 1 saturated heterocycles. The molecule has 2 amide bonds. The lowest BCUT2D eigenvalue weighted by Gasteiger charge is -2.35. The summed E-state index contributed by atoms with van der Waals surface area (Å²) in [6.45, 7) is 7.72. The highest BCUT2D eigenvalue weighted by atomic mass is 16.5. The van der Waals surface area contributed by atoms with E-state index in [9.17, 15) is 9.59 Å². The Bertz CT molecular complexity index is 617. The van der Waals surface area contributed by atoms with Gasteiger partial charge in [-0.25, -0.2) is 0 Å². The zero-order valence-corrected chi connectivity index (χ0v) is 15.6. The van der Waals surface area contributed by atoms with Gasteiger partial charge in [-0.05, 0) is 64.4 Å². The fourth-order valence-corrected chi connectivity index (χ4v) is 3.17. The third kappa shape index (κ3) is 4.80. The van der Waals surface area contributed by atoms with E-state index in [1.54, 1.807) is 13.2 Å². The number of carbonyl (C=O) groups excluding carboxylic acids is 2. The maximum atomic E-state index is 12.9. The van der Waals surface area contributed by atoms with Crippen molar-refractivity contribution >= 4 is 17.5 Å². The van der Waals surface area contributed by atoms with Crippen LogP contribution in [0.2, 0.25) is 0 Å². The van der Waals surface area contributed by atoms with Crippen LogP contribution in [0.5, 0.6) is 0 Å². The van der Waals surface area contributed by atoms with Crippen molar-refractivity contribution < 1.29 is 14.3 Å². The molecule has 25 heavy (non-hydrogen) atoms. The third-order valence-electron chi connectivity index (χ3n) is 4.62. The van der Waals surface area contributed by atoms with Crippen LogP contribution in [0.1, 0.15) is 42.6 Å². The molecule has 0 aliphatic carbocycles. The lowest BCUT2D eigenvalue weighted by molar-refractivity contribution is -0.130. The summed E-state index contributed by atoms with van der Waals surface area (Å²) in [5.74, 6) is -0.174. The number of carbonyl (C=O) groups is 2. The molecule has 3 N–H and O–H groups in total. The van der Waals surface area contributed by atoms with Crippen LogP contribution in [0, 0.1) is 12.3 Å². The van der Waals surface area contributed by atoms with E-state index in [0.29, 0.717) is 17.9 Å². The number of benzene rings is 1. The number of nitrogens with one attached hydrogen (secondary N) is 3. The first kappa shape index (κ1) is 19.4. The molecule has 1 heterocycles. The van der Waals surface area contributed by atoms with Gasteiger partial charge in [0.1, 0.15) is 0 Å². The van der Waals surface area contributed by atoms with Gasteiger partial charge in [-0.2, -0.15) is 0 Å². The Morgan fingerprint density at radius 3 is 2.56 bits per heavy atom. The Hall–Kier alpha value is -1.92. The number of anilines is 1. The first-order chi connectivity index (χ1) is 11.9. The standard InChI is InChI=1S/C19H29N3O3/c1-13(2)21-17(23)16-11-15(6-5-14(16)3)22-18(24)19(12-25-4)7-9-20-10-8-19/h5-6,11,13,20H,7-10,12H2,1-4H3,(H,21,23)(H,22,24). The number of aryl methyl sites for hydroxylation is 1. The van der Waals surface area contributed by atoms with E-state index in [0.717, 1.165) is 31.5 Å². The molecule has 0 spiro atoms. The largest absolute Gasteiger partial charge is 0.384 e. The molecule has 1 fully saturated rings. The van der Waals surface area contributed by atoms with E-state index >= 15 is 0 Å². The van der Waals surface area contributed by atoms with Crippen molar-refractivity contribution in [1.29, 1.82) is 0 Å². The number of amides is 2. The lowest BCUT2D eigenvalue weighted by atomic mass is 9.78. The van der Waals surface area contributed by atoms with Crippen LogP contribution in [0.15, 0.2) is 18.2 Å². The van der Waals surface area contributed by atoms with Gasteiger partial charge < -0.3 is 20.7 Å². The maximum Gasteiger partial charge on any atom is 0.251 e. The third-order valence-corrected chi connectivity index (χ3v) is 4.62. The molecule has 1 aromatic carbocycles. The fraction of sp³-hybridized carbons (Fsp3) is 0.579. The SMILES string of the molecule is COCC1(C(=O)Nc2ccc(C)c(C(=O)NC(C)C)c2)CCNCC1. The van der Waals surface area contributed by atoms with Crippen LogP contribution in [0.25, 0.3) is 0 Å². The van der Waals surface area contributed by atoms with Crippen molar-refractivity contribution in [3.8, 4) is 0 Å². The molecule has 1 aliphatic rings. The van der Waals surface area contributed by atoms with E-state index in [-0.39, 0.29) is 17.9 Å². The monoisotopic (exact) mass is 347 g/mol. The van der Waals surface area contributed by atoms with E-state index in [2.05, 4.69) is 16.0 Å². The molecular formula is C19H29N3O3. The molecule has 6 heteroatoms. The minimum Gasteiger partial charge on any atom is -0.384 e. The second kappa shape index (κ2) is 8.45. The summed E-state index contributed by atoms with van der Waals surface area (Å²) >= 11 is 0. The summed E-state index contributed by atoms with van der Waals surface area (Å²) in [6.07, 6.45) is 1.47. The first-order valence-corrected chi connectivity index (χ1v) is 8.80. The molecule has 0 saturated carbocycles. The predicted octanol–water partition coefficient (Wildman–Crippen LogP) is 2.09. The molecule has 0 unspecified atom stereocenters. The van der Waals surface area contributed by atoms with Gasteiger partial charge in [-0.15, -0.1) is 0 Å². The number of rotatable bonds is 6. The van der Waals surface area contributed by atoms with Gasteiger partial charge in [-0.1, -0.05) is 6.07 Å². The fourth-order valence-electron chi connectivity index (χ4n) is 3.17. The van der Waals surface area contributed by atoms with Crippen LogP contribution >= 0.6 is 0 Å². The first-order valence-electron chi connectivity index (χ1n) is 8.80. The quantitative estimate of drug-likeness (QED) is 0.736. The van der Waals surface area contributed by atoms with Crippen LogP contribution in [-0.4, -0.2) is 44.7 Å². The average Bonchev–Trinajstić information content (AvgIpc) is 2.57. The number of methoxy groups -OCH3 is 1. The van der Waals surface area contributed by atoms with Gasteiger partial charge in [0.2, 0.25) is 5.91 Å². The van der Waals surface area contributed by atoms with Crippen molar-refractivity contribution in [3.63, 3.8) is 0 Å². The summed E-state index contributed by atoms with van der Waals surface area (Å²) < 4.78 is 5.32. The normalized spacial score (nSPS) is 16.5. The smallest absolute Gasteiger partial charge is 0.251 e. The van der Waals surface area contributed by atoms with Crippen molar-refractivity contribution in [2.24, 2.45) is 5.41 Å². The Morgan fingerprint density at radius 1 is 1.28 bits per heavy atom. The number of hydrogen-bond donors (Lipinski definition) is 3. The average molecular weight is 347 g/mol. The molecule has 0 aromatic heterocycles. The van der Waals surface area contributed by atoms with Gasteiger partial charge in [0.15, 0.2) is 0 Å². The Kier molecular flexibility index (Phi) is 6.56. The molecule has 0 bridgehead atoms. The highest BCUT2D eigenvalue weighted by molar-refractivity contribution is 5.99. The molecule has 0 atom stereocenters. The van der Waals surface area contributed by atoms with Crippen molar-refractivity contribution in [2.45, 2.75) is 39.7 Å². The molecule has 138 valence electrons. The van der Waals surface area contributed by atoms with Gasteiger partial charge in [-0.3, -0.25) is 9.59 Å². The molecule has 1 aliphatic heterocycles. The zero-order valence-electron chi connectivity index (χ0n) is 15.6. The maximum absolute atomic E-state index is 12.9. The Labute approximate surface area is 149 Å². The van der Waals surface area contributed by atoms with E-state index in [1.807, 2.05) is 32.9 Å². The van der Waals surface area contributed by atoms with Crippen molar-refractivity contribution in [2.75, 3.05) is 32.1 Å². The minimum atomic E-state index is -0.523. The van der Waals surface area contributed by atoms with Gasteiger partial charge in [0.25, 0.3) is 5.91 Å². The van der Waals surface area contributed by atoms with Crippen LogP contribution in [-0.2, 0) is 9.53 Å². The van der Waals surface area contributed by atoms with Crippen LogP contribution in [0.4, 0.5) is 5.69 Å². The van der Waals surface area contributed by atoms with Crippen molar-refractivity contribution in [1.82, 2.24) is 10.6 Å². The van der Waals surface area contributed by atoms with Crippen LogP contribution in [0.3, 0.4) is 0 Å². The summed E-state index contributed by atoms with van der Waals surface area (Å²) in [7, 11) is 1.62.